The van der Waals surface area contributed by atoms with E-state index >= 15 is 0 Å². The van der Waals surface area contributed by atoms with Gasteiger partial charge in [0.1, 0.15) is 0 Å². The van der Waals surface area contributed by atoms with Crippen molar-refractivity contribution in [3.05, 3.63) is 55.1 Å². The average Bonchev–Trinajstić information content (AvgIpc) is 2.55. The summed E-state index contributed by atoms with van der Waals surface area (Å²) in [7, 11) is 0. The summed E-state index contributed by atoms with van der Waals surface area (Å²) in [6.45, 7) is 12.8. The number of hydrogen-bond donors (Lipinski definition) is 2. The normalized spacial score (nSPS) is 11.6. The quantitative estimate of drug-likeness (QED) is 0.649. The molecule has 24 heavy (non-hydrogen) atoms. The van der Waals surface area contributed by atoms with Crippen LogP contribution in [0.5, 0.6) is 0 Å². The predicted octanol–water partition coefficient (Wildman–Crippen LogP) is 2.83. The van der Waals surface area contributed by atoms with Gasteiger partial charge in [0.05, 0.1) is 6.54 Å². The highest BCUT2D eigenvalue weighted by Gasteiger charge is 2.11. The SMILES string of the molecule is C=CCN(CC=C)CC(=O)Nc1cccc(C(=O)NC(C)CC)c1. The molecule has 1 aromatic carbocycles. The van der Waals surface area contributed by atoms with Crippen LogP contribution in [0.3, 0.4) is 0 Å². The summed E-state index contributed by atoms with van der Waals surface area (Å²) < 4.78 is 0. The first-order valence-electron chi connectivity index (χ1n) is 8.15. The summed E-state index contributed by atoms with van der Waals surface area (Å²) >= 11 is 0. The Hall–Kier alpha value is -2.40. The van der Waals surface area contributed by atoms with Crippen LogP contribution in [0, 0.1) is 0 Å². The molecule has 0 saturated carbocycles. The molecule has 5 nitrogen and oxygen atoms in total. The van der Waals surface area contributed by atoms with Crippen molar-refractivity contribution in [3.8, 4) is 0 Å². The van der Waals surface area contributed by atoms with Crippen molar-refractivity contribution < 1.29 is 9.59 Å². The number of rotatable bonds is 10. The van der Waals surface area contributed by atoms with Crippen molar-refractivity contribution in [2.45, 2.75) is 26.3 Å². The second kappa shape index (κ2) is 10.4. The van der Waals surface area contributed by atoms with E-state index in [0.29, 0.717) is 24.3 Å². The van der Waals surface area contributed by atoms with Gasteiger partial charge < -0.3 is 10.6 Å². The minimum Gasteiger partial charge on any atom is -0.350 e. The Morgan fingerprint density at radius 3 is 2.50 bits per heavy atom. The minimum atomic E-state index is -0.141. The van der Waals surface area contributed by atoms with Gasteiger partial charge in [-0.15, -0.1) is 13.2 Å². The third-order valence-electron chi connectivity index (χ3n) is 3.54. The zero-order chi connectivity index (χ0) is 17.9. The van der Waals surface area contributed by atoms with Crippen LogP contribution in [0.1, 0.15) is 30.6 Å². The van der Waals surface area contributed by atoms with Crippen LogP contribution < -0.4 is 10.6 Å². The molecule has 0 bridgehead atoms. The number of carbonyl (C=O) groups is 2. The van der Waals surface area contributed by atoms with Gasteiger partial charge in [-0.05, 0) is 31.5 Å². The van der Waals surface area contributed by atoms with E-state index < -0.39 is 0 Å². The Bertz CT molecular complexity index is 574. The third kappa shape index (κ3) is 6.79. The first-order valence-corrected chi connectivity index (χ1v) is 8.15. The molecule has 1 unspecified atom stereocenters. The van der Waals surface area contributed by atoms with Gasteiger partial charge in [0.15, 0.2) is 0 Å². The molecule has 2 N–H and O–H groups in total. The largest absolute Gasteiger partial charge is 0.350 e. The fourth-order valence-electron chi connectivity index (χ4n) is 2.12. The number of nitrogens with zero attached hydrogens (tertiary/aromatic N) is 1. The molecular formula is C19H27N3O2. The van der Waals surface area contributed by atoms with Crippen molar-refractivity contribution in [2.75, 3.05) is 25.0 Å². The highest BCUT2D eigenvalue weighted by Crippen LogP contribution is 2.11. The first kappa shape index (κ1) is 19.6. The van der Waals surface area contributed by atoms with Gasteiger partial charge in [-0.1, -0.05) is 25.1 Å². The zero-order valence-corrected chi connectivity index (χ0v) is 14.5. The molecule has 0 radical (unpaired) electrons. The van der Waals surface area contributed by atoms with Crippen molar-refractivity contribution in [2.24, 2.45) is 0 Å². The van der Waals surface area contributed by atoms with Gasteiger partial charge >= 0.3 is 0 Å². The van der Waals surface area contributed by atoms with Crippen LogP contribution in [0.25, 0.3) is 0 Å². The second-order valence-electron chi connectivity index (χ2n) is 5.68. The van der Waals surface area contributed by atoms with E-state index in [1.165, 1.54) is 0 Å². The molecule has 0 fully saturated rings. The zero-order valence-electron chi connectivity index (χ0n) is 14.5. The van der Waals surface area contributed by atoms with Crippen LogP contribution in [-0.2, 0) is 4.79 Å². The molecule has 0 aromatic heterocycles. The van der Waals surface area contributed by atoms with E-state index in [-0.39, 0.29) is 24.4 Å². The van der Waals surface area contributed by atoms with Crippen LogP contribution in [0.15, 0.2) is 49.6 Å². The lowest BCUT2D eigenvalue weighted by molar-refractivity contribution is -0.117. The highest BCUT2D eigenvalue weighted by molar-refractivity contribution is 5.97. The van der Waals surface area contributed by atoms with Crippen LogP contribution in [-0.4, -0.2) is 42.4 Å². The maximum absolute atomic E-state index is 12.2. The molecule has 0 heterocycles. The Kier molecular flexibility index (Phi) is 8.50. The number of benzene rings is 1. The molecule has 130 valence electrons. The van der Waals surface area contributed by atoms with Gasteiger partial charge in [0, 0.05) is 30.4 Å². The topological polar surface area (TPSA) is 61.4 Å². The average molecular weight is 329 g/mol. The lowest BCUT2D eigenvalue weighted by atomic mass is 10.1. The molecule has 0 aliphatic heterocycles. The Morgan fingerprint density at radius 1 is 1.25 bits per heavy atom. The van der Waals surface area contributed by atoms with E-state index in [0.717, 1.165) is 6.42 Å². The molecule has 0 spiro atoms. The number of carbonyl (C=O) groups excluding carboxylic acids is 2. The fourth-order valence-corrected chi connectivity index (χ4v) is 2.12. The van der Waals surface area contributed by atoms with Crippen molar-refractivity contribution >= 4 is 17.5 Å². The van der Waals surface area contributed by atoms with Crippen molar-refractivity contribution in [1.29, 1.82) is 0 Å². The maximum Gasteiger partial charge on any atom is 0.251 e. The van der Waals surface area contributed by atoms with Crippen LogP contribution >= 0.6 is 0 Å². The Labute approximate surface area is 144 Å². The van der Waals surface area contributed by atoms with Gasteiger partial charge in [0.2, 0.25) is 5.91 Å². The molecule has 0 aliphatic carbocycles. The summed E-state index contributed by atoms with van der Waals surface area (Å²) in [4.78, 5) is 26.2. The summed E-state index contributed by atoms with van der Waals surface area (Å²) in [6, 6.07) is 7.05. The summed E-state index contributed by atoms with van der Waals surface area (Å²) in [5, 5.41) is 5.73. The van der Waals surface area contributed by atoms with Gasteiger partial charge in [-0.25, -0.2) is 0 Å². The second-order valence-corrected chi connectivity index (χ2v) is 5.68. The van der Waals surface area contributed by atoms with E-state index in [1.54, 1.807) is 36.4 Å². The van der Waals surface area contributed by atoms with Crippen LogP contribution in [0.2, 0.25) is 0 Å². The summed E-state index contributed by atoms with van der Waals surface area (Å²) in [5.41, 5.74) is 1.14. The fraction of sp³-hybridized carbons (Fsp3) is 0.368. The van der Waals surface area contributed by atoms with E-state index in [2.05, 4.69) is 23.8 Å². The lowest BCUT2D eigenvalue weighted by Crippen LogP contribution is -2.34. The van der Waals surface area contributed by atoms with Crippen molar-refractivity contribution in [1.82, 2.24) is 10.2 Å². The highest BCUT2D eigenvalue weighted by atomic mass is 16.2. The summed E-state index contributed by atoms with van der Waals surface area (Å²) in [5.74, 6) is -0.279. The lowest BCUT2D eigenvalue weighted by Gasteiger charge is -2.18. The van der Waals surface area contributed by atoms with Gasteiger partial charge in [0.25, 0.3) is 5.91 Å². The number of anilines is 1. The number of amides is 2. The molecular weight excluding hydrogens is 302 g/mol. The summed E-state index contributed by atoms with van der Waals surface area (Å²) in [6.07, 6.45) is 4.36. The Balaban J connectivity index is 2.69. The molecule has 0 saturated heterocycles. The number of hydrogen-bond acceptors (Lipinski definition) is 3. The van der Waals surface area contributed by atoms with E-state index in [4.69, 9.17) is 0 Å². The predicted molar refractivity (Wildman–Crippen MR) is 99.1 cm³/mol. The first-order chi connectivity index (χ1) is 11.5. The molecule has 1 aromatic rings. The molecule has 1 rings (SSSR count). The van der Waals surface area contributed by atoms with Crippen molar-refractivity contribution in [3.63, 3.8) is 0 Å². The maximum atomic E-state index is 12.2. The van der Waals surface area contributed by atoms with Gasteiger partial charge in [-0.3, -0.25) is 14.5 Å². The minimum absolute atomic E-state index is 0.113. The smallest absolute Gasteiger partial charge is 0.251 e. The van der Waals surface area contributed by atoms with E-state index in [1.807, 2.05) is 18.7 Å². The number of nitrogens with one attached hydrogen (secondary N) is 2. The third-order valence-corrected chi connectivity index (χ3v) is 3.54. The molecule has 1 atom stereocenters. The van der Waals surface area contributed by atoms with E-state index in [9.17, 15) is 9.59 Å². The van der Waals surface area contributed by atoms with Crippen LogP contribution in [0.4, 0.5) is 5.69 Å². The monoisotopic (exact) mass is 329 g/mol. The van der Waals surface area contributed by atoms with Gasteiger partial charge in [-0.2, -0.15) is 0 Å². The molecule has 2 amide bonds. The molecule has 5 heteroatoms. The molecule has 0 aliphatic rings. The Morgan fingerprint density at radius 2 is 1.92 bits per heavy atom. The standard InChI is InChI=1S/C19H27N3O2/c1-5-11-22(12-6-2)14-18(23)21-17-10-8-9-16(13-17)19(24)20-15(4)7-3/h5-6,8-10,13,15H,1-2,7,11-12,14H2,3-4H3,(H,20,24)(H,21,23).